The molecule has 2 atom stereocenters. The van der Waals surface area contributed by atoms with E-state index in [1.807, 2.05) is 6.07 Å². The van der Waals surface area contributed by atoms with Crippen molar-refractivity contribution in [3.63, 3.8) is 0 Å². The molecule has 0 spiro atoms. The van der Waals surface area contributed by atoms with Gasteiger partial charge in [-0.1, -0.05) is 12.1 Å². The smallest absolute Gasteiger partial charge is 0.408 e. The maximum atomic E-state index is 13.2. The molecule has 0 aliphatic heterocycles. The Bertz CT molecular complexity index is 811. The zero-order valence-electron chi connectivity index (χ0n) is 18.4. The SMILES string of the molecule is CC(C)NC(=O)C(c1ccc(O)cc1)N(CC#N)C(=O)C(CO)NC(=O)OC(C)(C)C. The quantitative estimate of drug-likeness (QED) is 0.449. The highest BCUT2D eigenvalue weighted by Gasteiger charge is 2.36. The van der Waals surface area contributed by atoms with Crippen LogP contribution in [0.4, 0.5) is 4.79 Å². The second-order valence-corrected chi connectivity index (χ2v) is 8.16. The van der Waals surface area contributed by atoms with Gasteiger partial charge in [0.05, 0.1) is 12.7 Å². The fraction of sp³-hybridized carbons (Fsp3) is 0.524. The molecular formula is C21H30N4O6. The number of carbonyl (C=O) groups is 3. The largest absolute Gasteiger partial charge is 0.508 e. The molecule has 10 heteroatoms. The minimum Gasteiger partial charge on any atom is -0.508 e. The van der Waals surface area contributed by atoms with Crippen molar-refractivity contribution >= 4 is 17.9 Å². The van der Waals surface area contributed by atoms with E-state index in [9.17, 15) is 29.9 Å². The first-order chi connectivity index (χ1) is 14.4. The third kappa shape index (κ3) is 8.14. The van der Waals surface area contributed by atoms with E-state index in [4.69, 9.17) is 4.74 Å². The molecular weight excluding hydrogens is 404 g/mol. The number of ether oxygens (including phenoxy) is 1. The van der Waals surface area contributed by atoms with Crippen molar-refractivity contribution in [2.75, 3.05) is 13.2 Å². The summed E-state index contributed by atoms with van der Waals surface area (Å²) < 4.78 is 5.11. The molecule has 1 aromatic rings. The van der Waals surface area contributed by atoms with Crippen LogP contribution in [0.1, 0.15) is 46.2 Å². The molecule has 0 saturated heterocycles. The van der Waals surface area contributed by atoms with Crippen LogP contribution in [0.25, 0.3) is 0 Å². The minimum absolute atomic E-state index is 0.0373. The molecule has 0 aliphatic rings. The van der Waals surface area contributed by atoms with Crippen molar-refractivity contribution in [1.82, 2.24) is 15.5 Å². The molecule has 4 N–H and O–H groups in total. The first-order valence-corrected chi connectivity index (χ1v) is 9.76. The van der Waals surface area contributed by atoms with Crippen LogP contribution in [-0.4, -0.2) is 63.9 Å². The van der Waals surface area contributed by atoms with E-state index >= 15 is 0 Å². The summed E-state index contributed by atoms with van der Waals surface area (Å²) in [5, 5.41) is 33.5. The van der Waals surface area contributed by atoms with Gasteiger partial charge in [-0.15, -0.1) is 0 Å². The Kier molecular flexibility index (Phi) is 9.27. The number of phenolic OH excluding ortho intramolecular Hbond substituents is 1. The van der Waals surface area contributed by atoms with Crippen LogP contribution >= 0.6 is 0 Å². The molecule has 2 unspecified atom stereocenters. The van der Waals surface area contributed by atoms with E-state index in [0.29, 0.717) is 5.56 Å². The molecule has 0 bridgehead atoms. The zero-order chi connectivity index (χ0) is 23.8. The molecule has 0 aromatic heterocycles. The summed E-state index contributed by atoms with van der Waals surface area (Å²) >= 11 is 0. The van der Waals surface area contributed by atoms with Gasteiger partial charge in [0.15, 0.2) is 0 Å². The Morgan fingerprint density at radius 3 is 2.19 bits per heavy atom. The first-order valence-electron chi connectivity index (χ1n) is 9.76. The number of aliphatic hydroxyl groups is 1. The van der Waals surface area contributed by atoms with E-state index in [-0.39, 0.29) is 11.8 Å². The zero-order valence-corrected chi connectivity index (χ0v) is 18.4. The lowest BCUT2D eigenvalue weighted by Crippen LogP contribution is -2.54. The van der Waals surface area contributed by atoms with Crippen molar-refractivity contribution in [1.29, 1.82) is 5.26 Å². The molecule has 1 aromatic carbocycles. The fourth-order valence-corrected chi connectivity index (χ4v) is 2.70. The van der Waals surface area contributed by atoms with Crippen molar-refractivity contribution in [3.05, 3.63) is 29.8 Å². The number of nitriles is 1. The molecule has 1 rings (SSSR count). The molecule has 10 nitrogen and oxygen atoms in total. The van der Waals surface area contributed by atoms with Gasteiger partial charge in [0.1, 0.15) is 30.0 Å². The molecule has 0 fully saturated rings. The second-order valence-electron chi connectivity index (χ2n) is 8.16. The van der Waals surface area contributed by atoms with Gasteiger partial charge in [-0.05, 0) is 52.3 Å². The van der Waals surface area contributed by atoms with Crippen molar-refractivity contribution in [2.24, 2.45) is 0 Å². The minimum atomic E-state index is -1.44. The third-order valence-electron chi connectivity index (χ3n) is 3.90. The highest BCUT2D eigenvalue weighted by atomic mass is 16.6. The van der Waals surface area contributed by atoms with Crippen LogP contribution in [0.2, 0.25) is 0 Å². The predicted octanol–water partition coefficient (Wildman–Crippen LogP) is 1.20. The summed E-state index contributed by atoms with van der Waals surface area (Å²) in [5.74, 6) is -1.44. The number of hydrogen-bond donors (Lipinski definition) is 4. The number of carbonyl (C=O) groups excluding carboxylic acids is 3. The predicted molar refractivity (Wildman–Crippen MR) is 112 cm³/mol. The van der Waals surface area contributed by atoms with Crippen molar-refractivity contribution < 1.29 is 29.3 Å². The van der Waals surface area contributed by atoms with E-state index in [2.05, 4.69) is 10.6 Å². The number of aromatic hydroxyl groups is 1. The summed E-state index contributed by atoms with van der Waals surface area (Å²) in [6.45, 7) is 7.15. The number of benzene rings is 1. The molecule has 3 amide bonds. The summed E-state index contributed by atoms with van der Waals surface area (Å²) in [6.07, 6.45) is -0.926. The normalized spacial score (nSPS) is 13.0. The Hall–Kier alpha value is -3.32. The number of phenols is 1. The highest BCUT2D eigenvalue weighted by Crippen LogP contribution is 2.24. The monoisotopic (exact) mass is 434 g/mol. The van der Waals surface area contributed by atoms with Gasteiger partial charge in [-0.25, -0.2) is 4.79 Å². The number of alkyl carbamates (subject to hydrolysis) is 1. The highest BCUT2D eigenvalue weighted by molar-refractivity contribution is 5.92. The average molecular weight is 434 g/mol. The molecule has 170 valence electrons. The number of rotatable bonds is 8. The maximum absolute atomic E-state index is 13.2. The van der Waals surface area contributed by atoms with Gasteiger partial charge in [0, 0.05) is 6.04 Å². The summed E-state index contributed by atoms with van der Waals surface area (Å²) in [6, 6.07) is 4.52. The van der Waals surface area contributed by atoms with Crippen molar-refractivity contribution in [2.45, 2.75) is 58.3 Å². The van der Waals surface area contributed by atoms with Crippen LogP contribution < -0.4 is 10.6 Å². The van der Waals surface area contributed by atoms with Crippen molar-refractivity contribution in [3.8, 4) is 11.8 Å². The lowest BCUT2D eigenvalue weighted by atomic mass is 10.0. The molecule has 0 aliphatic carbocycles. The van der Waals surface area contributed by atoms with E-state index in [1.165, 1.54) is 24.3 Å². The first kappa shape index (κ1) is 25.7. The topological polar surface area (TPSA) is 152 Å². The standard InChI is InChI=1S/C21H30N4O6/c1-13(2)23-18(28)17(14-6-8-15(27)9-7-14)25(11-10-22)19(29)16(12-26)24-20(30)31-21(3,4)5/h6-9,13,16-17,26-27H,11-12H2,1-5H3,(H,23,28)(H,24,30). The Labute approximate surface area is 181 Å². The lowest BCUT2D eigenvalue weighted by molar-refractivity contribution is -0.142. The van der Waals surface area contributed by atoms with Gasteiger partial charge in [-0.3, -0.25) is 9.59 Å². The number of hydrogen-bond acceptors (Lipinski definition) is 7. The summed E-state index contributed by atoms with van der Waals surface area (Å²) in [7, 11) is 0. The second kappa shape index (κ2) is 11.2. The van der Waals surface area contributed by atoms with Gasteiger partial charge >= 0.3 is 6.09 Å². The summed E-state index contributed by atoms with van der Waals surface area (Å²) in [5.41, 5.74) is -0.487. The molecule has 31 heavy (non-hydrogen) atoms. The van der Waals surface area contributed by atoms with Gasteiger partial charge < -0.3 is 30.5 Å². The maximum Gasteiger partial charge on any atom is 0.408 e. The van der Waals surface area contributed by atoms with Gasteiger partial charge in [0.25, 0.3) is 0 Å². The number of aliphatic hydroxyl groups excluding tert-OH is 1. The molecule has 0 heterocycles. The Morgan fingerprint density at radius 2 is 1.74 bits per heavy atom. The summed E-state index contributed by atoms with van der Waals surface area (Å²) in [4.78, 5) is 39.1. The van der Waals surface area contributed by atoms with E-state index < -0.39 is 48.7 Å². The Morgan fingerprint density at radius 1 is 1.16 bits per heavy atom. The van der Waals surface area contributed by atoms with Crippen LogP contribution in [0.3, 0.4) is 0 Å². The third-order valence-corrected chi connectivity index (χ3v) is 3.90. The Balaban J connectivity index is 3.29. The molecule has 0 saturated carbocycles. The molecule has 0 radical (unpaired) electrons. The van der Waals surface area contributed by atoms with Gasteiger partial charge in [0.2, 0.25) is 11.8 Å². The van der Waals surface area contributed by atoms with Crippen LogP contribution in [0.15, 0.2) is 24.3 Å². The van der Waals surface area contributed by atoms with Crippen LogP contribution in [-0.2, 0) is 14.3 Å². The number of amides is 3. The number of nitrogens with zero attached hydrogens (tertiary/aromatic N) is 2. The fourth-order valence-electron chi connectivity index (χ4n) is 2.70. The van der Waals surface area contributed by atoms with E-state index in [0.717, 1.165) is 4.90 Å². The van der Waals surface area contributed by atoms with E-state index in [1.54, 1.807) is 34.6 Å². The average Bonchev–Trinajstić information content (AvgIpc) is 2.64. The van der Waals surface area contributed by atoms with Gasteiger partial charge in [-0.2, -0.15) is 5.26 Å². The van der Waals surface area contributed by atoms with Crippen LogP contribution in [0, 0.1) is 11.3 Å². The lowest BCUT2D eigenvalue weighted by Gasteiger charge is -2.32. The van der Waals surface area contributed by atoms with Crippen LogP contribution in [0.5, 0.6) is 5.75 Å². The number of nitrogens with one attached hydrogen (secondary N) is 2.